The summed E-state index contributed by atoms with van der Waals surface area (Å²) >= 11 is 0. The molecule has 6 rings (SSSR count). The molecule has 9 heteroatoms. The zero-order chi connectivity index (χ0) is 30.6. The molecular weight excluding hydrogens is 554 g/mol. The number of ether oxygens (including phenoxy) is 2. The van der Waals surface area contributed by atoms with E-state index in [0.717, 1.165) is 111 Å². The maximum Gasteiger partial charge on any atom is 0.253 e. The molecule has 3 aromatic rings. The molecule has 3 aliphatic rings. The average Bonchev–Trinajstić information content (AvgIpc) is 3.06. The van der Waals surface area contributed by atoms with Crippen LogP contribution in [0.25, 0.3) is 11.1 Å². The van der Waals surface area contributed by atoms with Crippen molar-refractivity contribution < 1.29 is 14.3 Å². The molecule has 1 aromatic carbocycles. The molecule has 1 aliphatic carbocycles. The second-order valence-electron chi connectivity index (χ2n) is 12.2. The minimum Gasteiger partial charge on any atom is -0.381 e. The second-order valence-corrected chi connectivity index (χ2v) is 12.2. The quantitative estimate of drug-likeness (QED) is 0.387. The topological polar surface area (TPSA) is 99.8 Å². The van der Waals surface area contributed by atoms with Crippen LogP contribution in [0.5, 0.6) is 0 Å². The molecule has 44 heavy (non-hydrogen) atoms. The maximum absolute atomic E-state index is 14.0. The first-order valence-electron chi connectivity index (χ1n) is 16.2. The van der Waals surface area contributed by atoms with Crippen molar-refractivity contribution in [1.29, 1.82) is 0 Å². The van der Waals surface area contributed by atoms with Crippen LogP contribution < -0.4 is 20.7 Å². The third kappa shape index (κ3) is 6.26. The van der Waals surface area contributed by atoms with Crippen molar-refractivity contribution in [3.63, 3.8) is 0 Å². The Balaban J connectivity index is 1.34. The number of aryl methyl sites for hydroxylation is 1. The fraction of sp³-hybridized carbons (Fsp3) is 0.514. The van der Waals surface area contributed by atoms with Crippen LogP contribution in [0.15, 0.2) is 35.3 Å². The highest BCUT2D eigenvalue weighted by atomic mass is 16.5. The molecule has 0 atom stereocenters. The predicted molar refractivity (Wildman–Crippen MR) is 174 cm³/mol. The van der Waals surface area contributed by atoms with Gasteiger partial charge in [-0.15, -0.1) is 0 Å². The van der Waals surface area contributed by atoms with Crippen molar-refractivity contribution in [2.75, 3.05) is 55.9 Å². The lowest BCUT2D eigenvalue weighted by molar-refractivity contribution is 0.0846. The van der Waals surface area contributed by atoms with E-state index in [2.05, 4.69) is 45.2 Å². The molecule has 2 fully saturated rings. The number of hydrogen-bond donors (Lipinski definition) is 2. The van der Waals surface area contributed by atoms with Gasteiger partial charge in [0.2, 0.25) is 0 Å². The van der Waals surface area contributed by atoms with Crippen molar-refractivity contribution in [3.8, 4) is 11.1 Å². The molecule has 4 heterocycles. The number of aromatic amines is 1. The summed E-state index contributed by atoms with van der Waals surface area (Å²) in [6.45, 7) is 11.8. The van der Waals surface area contributed by atoms with E-state index < -0.39 is 0 Å². The number of hydrogen-bond acceptors (Lipinski definition) is 7. The van der Waals surface area contributed by atoms with E-state index in [9.17, 15) is 9.59 Å². The summed E-state index contributed by atoms with van der Waals surface area (Å²) in [5.74, 6) is 0.766. The Hall–Kier alpha value is -3.69. The highest BCUT2D eigenvalue weighted by Gasteiger charge is 2.26. The summed E-state index contributed by atoms with van der Waals surface area (Å²) < 4.78 is 11.2. The van der Waals surface area contributed by atoms with E-state index >= 15 is 0 Å². The van der Waals surface area contributed by atoms with E-state index in [1.807, 2.05) is 26.1 Å². The van der Waals surface area contributed by atoms with Crippen LogP contribution in [0.4, 0.5) is 11.5 Å². The normalized spacial score (nSPS) is 17.3. The molecule has 234 valence electrons. The minimum atomic E-state index is -0.170. The van der Waals surface area contributed by atoms with E-state index in [1.54, 1.807) is 0 Å². The number of aromatic nitrogens is 2. The van der Waals surface area contributed by atoms with Crippen LogP contribution in [0.2, 0.25) is 0 Å². The number of fused-ring (bicyclic) bond motifs is 1. The lowest BCUT2D eigenvalue weighted by atomic mass is 9.88. The number of carbonyl (C=O) groups excluding carboxylic acids is 1. The lowest BCUT2D eigenvalue weighted by Crippen LogP contribution is -2.40. The first-order chi connectivity index (χ1) is 21.4. The molecule has 0 spiro atoms. The number of H-pyrrole nitrogens is 1. The van der Waals surface area contributed by atoms with Gasteiger partial charge in [0.05, 0.1) is 13.2 Å². The molecule has 0 unspecified atom stereocenters. The van der Waals surface area contributed by atoms with E-state index in [1.165, 1.54) is 5.56 Å². The Morgan fingerprint density at radius 2 is 1.75 bits per heavy atom. The standard InChI is InChI=1S/C35H45N5O4/c1-4-40(27-11-15-43-16-12-27)32-20-26(25-9-10-33(36-21-25)39-13-17-44-18-14-39)19-30(23(32)2)34(41)37-22-31-29-8-6-5-7-28(29)24(3)38-35(31)42/h9-10,19-21,27H,4-8,11-18,22H2,1-3H3,(H,37,41)(H,38,42). The molecule has 2 aliphatic heterocycles. The number of anilines is 2. The van der Waals surface area contributed by atoms with Crippen molar-refractivity contribution in [3.05, 3.63) is 74.3 Å². The second kappa shape index (κ2) is 13.5. The molecule has 2 saturated heterocycles. The summed E-state index contributed by atoms with van der Waals surface area (Å²) in [4.78, 5) is 39.5. The summed E-state index contributed by atoms with van der Waals surface area (Å²) in [7, 11) is 0. The van der Waals surface area contributed by atoms with Gasteiger partial charge in [-0.3, -0.25) is 9.59 Å². The lowest BCUT2D eigenvalue weighted by Gasteiger charge is -2.37. The van der Waals surface area contributed by atoms with Crippen molar-refractivity contribution in [2.24, 2.45) is 0 Å². The van der Waals surface area contributed by atoms with Gasteiger partial charge in [-0.05, 0) is 106 Å². The Labute approximate surface area is 260 Å². The number of carbonyl (C=O) groups is 1. The third-order valence-corrected chi connectivity index (χ3v) is 9.61. The highest BCUT2D eigenvalue weighted by molar-refractivity contribution is 5.99. The summed E-state index contributed by atoms with van der Waals surface area (Å²) in [5, 5.41) is 3.13. The largest absolute Gasteiger partial charge is 0.381 e. The molecular formula is C35H45N5O4. The molecule has 0 saturated carbocycles. The molecule has 1 amide bonds. The fourth-order valence-electron chi connectivity index (χ4n) is 7.12. The predicted octanol–water partition coefficient (Wildman–Crippen LogP) is 4.70. The number of benzene rings is 1. The number of rotatable bonds is 8. The average molecular weight is 600 g/mol. The first kappa shape index (κ1) is 30.3. The number of nitrogens with zero attached hydrogens (tertiary/aromatic N) is 3. The van der Waals surface area contributed by atoms with Gasteiger partial charge in [0, 0.05) is 79.7 Å². The van der Waals surface area contributed by atoms with Gasteiger partial charge in [-0.2, -0.15) is 0 Å². The zero-order valence-corrected chi connectivity index (χ0v) is 26.3. The van der Waals surface area contributed by atoms with Crippen LogP contribution in [0.3, 0.4) is 0 Å². The Morgan fingerprint density at radius 3 is 2.45 bits per heavy atom. The Kier molecular flexibility index (Phi) is 9.33. The van der Waals surface area contributed by atoms with Crippen molar-refractivity contribution in [2.45, 2.75) is 71.9 Å². The van der Waals surface area contributed by atoms with E-state index in [-0.39, 0.29) is 18.0 Å². The molecule has 0 bridgehead atoms. The summed E-state index contributed by atoms with van der Waals surface area (Å²) in [6.07, 6.45) is 7.87. The minimum absolute atomic E-state index is 0.0993. The van der Waals surface area contributed by atoms with Gasteiger partial charge in [0.25, 0.3) is 11.5 Å². The van der Waals surface area contributed by atoms with E-state index in [4.69, 9.17) is 14.5 Å². The third-order valence-electron chi connectivity index (χ3n) is 9.61. The van der Waals surface area contributed by atoms with Gasteiger partial charge >= 0.3 is 0 Å². The SMILES string of the molecule is CCN(c1cc(-c2ccc(N3CCOCC3)nc2)cc(C(=O)NCc2c3c(c(C)[nH]c2=O)CCCC3)c1C)C1CCOCC1. The maximum atomic E-state index is 14.0. The zero-order valence-electron chi connectivity index (χ0n) is 26.3. The van der Waals surface area contributed by atoms with Crippen LogP contribution in [0.1, 0.15) is 70.9 Å². The van der Waals surface area contributed by atoms with Crippen LogP contribution in [0, 0.1) is 13.8 Å². The first-order valence-corrected chi connectivity index (χ1v) is 16.2. The van der Waals surface area contributed by atoms with Gasteiger partial charge in [0.1, 0.15) is 5.82 Å². The van der Waals surface area contributed by atoms with Gasteiger partial charge in [-0.1, -0.05) is 0 Å². The summed E-state index contributed by atoms with van der Waals surface area (Å²) in [6, 6.07) is 8.68. The van der Waals surface area contributed by atoms with Crippen molar-refractivity contribution >= 4 is 17.4 Å². The molecule has 2 N–H and O–H groups in total. The van der Waals surface area contributed by atoms with Gasteiger partial charge in [0.15, 0.2) is 0 Å². The fourth-order valence-corrected chi connectivity index (χ4v) is 7.12. The molecule has 2 aromatic heterocycles. The summed E-state index contributed by atoms with van der Waals surface area (Å²) in [5.41, 5.74) is 8.44. The highest BCUT2D eigenvalue weighted by Crippen LogP contribution is 2.34. The monoisotopic (exact) mass is 599 g/mol. The number of morpholine rings is 1. The van der Waals surface area contributed by atoms with Crippen LogP contribution in [-0.4, -0.2) is 68.0 Å². The number of nitrogens with one attached hydrogen (secondary N) is 2. The van der Waals surface area contributed by atoms with E-state index in [0.29, 0.717) is 30.4 Å². The number of amides is 1. The van der Waals surface area contributed by atoms with Gasteiger partial charge < -0.3 is 29.6 Å². The Morgan fingerprint density at radius 1 is 1.02 bits per heavy atom. The van der Waals surface area contributed by atoms with Crippen LogP contribution >= 0.6 is 0 Å². The number of pyridine rings is 2. The smallest absolute Gasteiger partial charge is 0.253 e. The Bertz CT molecular complexity index is 1540. The van der Waals surface area contributed by atoms with Crippen molar-refractivity contribution in [1.82, 2.24) is 15.3 Å². The molecule has 9 nitrogen and oxygen atoms in total. The molecule has 0 radical (unpaired) electrons. The van der Waals surface area contributed by atoms with Crippen LogP contribution in [-0.2, 0) is 28.9 Å². The van der Waals surface area contributed by atoms with Gasteiger partial charge in [-0.25, -0.2) is 4.98 Å².